The average Bonchev–Trinajstić information content (AvgIpc) is 3.49. The van der Waals surface area contributed by atoms with E-state index in [1.807, 2.05) is 22.1 Å². The van der Waals surface area contributed by atoms with Gasteiger partial charge in [0, 0.05) is 11.6 Å². The van der Waals surface area contributed by atoms with Crippen molar-refractivity contribution in [1.82, 2.24) is 14.8 Å². The Kier molecular flexibility index (Phi) is 6.69. The molecule has 2 aromatic heterocycles. The van der Waals surface area contributed by atoms with Crippen LogP contribution >= 0.6 is 34.7 Å². The molecule has 0 aliphatic carbocycles. The predicted octanol–water partition coefficient (Wildman–Crippen LogP) is 4.44. The van der Waals surface area contributed by atoms with Crippen LogP contribution in [0.25, 0.3) is 10.7 Å². The van der Waals surface area contributed by atoms with Crippen LogP contribution in [0.2, 0.25) is 5.02 Å². The molecular formula is C20H18ClN5O2S2. The lowest BCUT2D eigenvalue weighted by Crippen LogP contribution is -2.18. The molecule has 1 fully saturated rings. The maximum absolute atomic E-state index is 12.5. The molecule has 154 valence electrons. The van der Waals surface area contributed by atoms with Gasteiger partial charge in [0.15, 0.2) is 11.0 Å². The lowest BCUT2D eigenvalue weighted by Gasteiger charge is -2.14. The summed E-state index contributed by atoms with van der Waals surface area (Å²) in [6.45, 7) is 1.42. The number of nitriles is 1. The fraction of sp³-hybridized carbons (Fsp3) is 0.300. The number of hydrogen-bond acceptors (Lipinski definition) is 7. The smallest absolute Gasteiger partial charge is 0.234 e. The molecule has 10 heteroatoms. The summed E-state index contributed by atoms with van der Waals surface area (Å²) in [4.78, 5) is 13.5. The Bertz CT molecular complexity index is 1070. The first kappa shape index (κ1) is 20.9. The number of thioether (sulfide) groups is 1. The van der Waals surface area contributed by atoms with Gasteiger partial charge in [0.05, 0.1) is 34.5 Å². The summed E-state index contributed by atoms with van der Waals surface area (Å²) < 4.78 is 7.82. The molecule has 1 saturated heterocycles. The third kappa shape index (κ3) is 4.84. The zero-order valence-corrected chi connectivity index (χ0v) is 18.3. The molecule has 0 spiro atoms. The standard InChI is InChI=1S/C20H18ClN5O2S2/c21-14-6-5-13(10-22)16(9-14)23-18(27)12-30-20-25-24-19(17-4-2-8-29-17)26(20)11-15-3-1-7-28-15/h2,4-6,8-9,15H,1,3,7,11-12H2,(H,23,27)/t15-/m0/s1. The van der Waals surface area contributed by atoms with Crippen molar-refractivity contribution in [2.45, 2.75) is 30.6 Å². The number of carbonyl (C=O) groups is 1. The highest BCUT2D eigenvalue weighted by Gasteiger charge is 2.22. The van der Waals surface area contributed by atoms with Crippen LogP contribution in [0.4, 0.5) is 5.69 Å². The van der Waals surface area contributed by atoms with Crippen LogP contribution in [0.1, 0.15) is 18.4 Å². The second kappa shape index (κ2) is 9.62. The number of nitrogens with zero attached hydrogens (tertiary/aromatic N) is 4. The minimum absolute atomic E-state index is 0.123. The van der Waals surface area contributed by atoms with Gasteiger partial charge in [0.1, 0.15) is 6.07 Å². The molecule has 0 saturated carbocycles. The molecule has 3 heterocycles. The molecule has 0 unspecified atom stereocenters. The lowest BCUT2D eigenvalue weighted by atomic mass is 10.2. The summed E-state index contributed by atoms with van der Waals surface area (Å²) in [7, 11) is 0. The summed E-state index contributed by atoms with van der Waals surface area (Å²) in [5.74, 6) is 0.666. The van der Waals surface area contributed by atoms with Gasteiger partial charge in [0.2, 0.25) is 5.91 Å². The maximum atomic E-state index is 12.5. The van der Waals surface area contributed by atoms with Crippen molar-refractivity contribution in [3.05, 3.63) is 46.3 Å². The molecule has 0 radical (unpaired) electrons. The first-order valence-corrected chi connectivity index (χ1v) is 11.6. The van der Waals surface area contributed by atoms with Gasteiger partial charge in [-0.25, -0.2) is 0 Å². The van der Waals surface area contributed by atoms with E-state index in [2.05, 4.69) is 21.6 Å². The van der Waals surface area contributed by atoms with Gasteiger partial charge in [-0.1, -0.05) is 29.4 Å². The van der Waals surface area contributed by atoms with Crippen molar-refractivity contribution in [2.75, 3.05) is 17.7 Å². The van der Waals surface area contributed by atoms with Gasteiger partial charge < -0.3 is 10.1 Å². The molecule has 1 aliphatic rings. The van der Waals surface area contributed by atoms with E-state index in [1.54, 1.807) is 29.5 Å². The molecule has 1 N–H and O–H groups in total. The minimum Gasteiger partial charge on any atom is -0.376 e. The Morgan fingerprint density at radius 2 is 2.33 bits per heavy atom. The quantitative estimate of drug-likeness (QED) is 0.525. The van der Waals surface area contributed by atoms with Crippen LogP contribution in [0, 0.1) is 11.3 Å². The summed E-state index contributed by atoms with van der Waals surface area (Å²) in [5.41, 5.74) is 0.759. The fourth-order valence-electron chi connectivity index (χ4n) is 3.17. The molecule has 1 atom stereocenters. The molecule has 1 aliphatic heterocycles. The van der Waals surface area contributed by atoms with E-state index in [0.29, 0.717) is 28.0 Å². The summed E-state index contributed by atoms with van der Waals surface area (Å²) in [6, 6.07) is 10.8. The zero-order chi connectivity index (χ0) is 20.9. The van der Waals surface area contributed by atoms with E-state index in [-0.39, 0.29) is 17.8 Å². The molecule has 1 aromatic carbocycles. The second-order valence-corrected chi connectivity index (χ2v) is 8.99. The number of ether oxygens (including phenoxy) is 1. The monoisotopic (exact) mass is 459 g/mol. The Labute approximate surface area is 187 Å². The average molecular weight is 460 g/mol. The summed E-state index contributed by atoms with van der Waals surface area (Å²) in [5, 5.41) is 23.8. The minimum atomic E-state index is -0.247. The highest BCUT2D eigenvalue weighted by Crippen LogP contribution is 2.29. The number of thiophene rings is 1. The Balaban J connectivity index is 1.48. The van der Waals surface area contributed by atoms with Gasteiger partial charge >= 0.3 is 0 Å². The van der Waals surface area contributed by atoms with Crippen molar-refractivity contribution >= 4 is 46.3 Å². The van der Waals surface area contributed by atoms with Gasteiger partial charge in [-0.3, -0.25) is 9.36 Å². The van der Waals surface area contributed by atoms with Crippen LogP contribution in [0.5, 0.6) is 0 Å². The maximum Gasteiger partial charge on any atom is 0.234 e. The van der Waals surface area contributed by atoms with Gasteiger partial charge in [-0.05, 0) is 42.5 Å². The number of anilines is 1. The number of hydrogen-bond donors (Lipinski definition) is 1. The second-order valence-electron chi connectivity index (χ2n) is 6.67. The molecule has 0 bridgehead atoms. The van der Waals surface area contributed by atoms with E-state index >= 15 is 0 Å². The Morgan fingerprint density at radius 3 is 3.07 bits per heavy atom. The summed E-state index contributed by atoms with van der Waals surface area (Å²) >= 11 is 8.89. The summed E-state index contributed by atoms with van der Waals surface area (Å²) in [6.07, 6.45) is 2.17. The van der Waals surface area contributed by atoms with E-state index in [9.17, 15) is 10.1 Å². The normalized spacial score (nSPS) is 15.8. The fourth-order valence-corrected chi connectivity index (χ4v) is 4.81. The predicted molar refractivity (Wildman–Crippen MR) is 118 cm³/mol. The van der Waals surface area contributed by atoms with E-state index in [4.69, 9.17) is 16.3 Å². The van der Waals surface area contributed by atoms with Crippen LogP contribution in [-0.4, -0.2) is 39.1 Å². The molecule has 30 heavy (non-hydrogen) atoms. The number of amides is 1. The molecule has 3 aromatic rings. The van der Waals surface area contributed by atoms with E-state index in [1.165, 1.54) is 11.8 Å². The zero-order valence-electron chi connectivity index (χ0n) is 15.9. The van der Waals surface area contributed by atoms with Crippen molar-refractivity contribution in [3.63, 3.8) is 0 Å². The molecule has 1 amide bonds. The number of aromatic nitrogens is 3. The van der Waals surface area contributed by atoms with Crippen molar-refractivity contribution < 1.29 is 9.53 Å². The van der Waals surface area contributed by atoms with Crippen molar-refractivity contribution in [2.24, 2.45) is 0 Å². The first-order chi connectivity index (χ1) is 14.6. The van der Waals surface area contributed by atoms with E-state index < -0.39 is 0 Å². The van der Waals surface area contributed by atoms with Gasteiger partial charge in [0.25, 0.3) is 0 Å². The van der Waals surface area contributed by atoms with Crippen LogP contribution < -0.4 is 5.32 Å². The molecular weight excluding hydrogens is 442 g/mol. The van der Waals surface area contributed by atoms with Crippen LogP contribution in [0.15, 0.2) is 40.9 Å². The topological polar surface area (TPSA) is 92.8 Å². The SMILES string of the molecule is N#Cc1ccc(Cl)cc1NC(=O)CSc1nnc(-c2cccs2)n1C[C@@H]1CCCO1. The number of rotatable bonds is 7. The van der Waals surface area contributed by atoms with E-state index in [0.717, 1.165) is 30.2 Å². The number of carbonyl (C=O) groups excluding carboxylic acids is 1. The number of benzene rings is 1. The van der Waals surface area contributed by atoms with Gasteiger partial charge in [-0.2, -0.15) is 5.26 Å². The van der Waals surface area contributed by atoms with Crippen LogP contribution in [0.3, 0.4) is 0 Å². The largest absolute Gasteiger partial charge is 0.376 e. The highest BCUT2D eigenvalue weighted by molar-refractivity contribution is 7.99. The van der Waals surface area contributed by atoms with Crippen LogP contribution in [-0.2, 0) is 16.1 Å². The third-order valence-electron chi connectivity index (χ3n) is 4.58. The Hall–Kier alpha value is -2.38. The number of nitrogens with one attached hydrogen (secondary N) is 1. The lowest BCUT2D eigenvalue weighted by molar-refractivity contribution is -0.113. The number of halogens is 1. The van der Waals surface area contributed by atoms with Crippen molar-refractivity contribution in [3.8, 4) is 16.8 Å². The Morgan fingerprint density at radius 1 is 1.43 bits per heavy atom. The molecule has 7 nitrogen and oxygen atoms in total. The van der Waals surface area contributed by atoms with Gasteiger partial charge in [-0.15, -0.1) is 21.5 Å². The molecule has 4 rings (SSSR count). The highest BCUT2D eigenvalue weighted by atomic mass is 35.5. The first-order valence-electron chi connectivity index (χ1n) is 9.35. The third-order valence-corrected chi connectivity index (χ3v) is 6.64. The van der Waals surface area contributed by atoms with Crippen molar-refractivity contribution in [1.29, 1.82) is 5.26 Å².